The molecule has 5 nitrogen and oxygen atoms in total. The number of amidine groups is 1. The van der Waals surface area contributed by atoms with E-state index in [0.717, 1.165) is 11.8 Å². The highest BCUT2D eigenvalue weighted by Gasteiger charge is 2.16. The summed E-state index contributed by atoms with van der Waals surface area (Å²) >= 11 is 0. The standard InChI is InChI=1S/C18H18FN3O2/c19-14-4-6-15(7-5-14)22-18(21)16(11-20)17(24)13-3-1-2-12(10-13)8-9-23/h1-7,10-11,23H,8-9,20H2,(H2,21,22). The second kappa shape index (κ2) is 8.03. The smallest absolute Gasteiger partial charge is 0.198 e. The molecule has 0 aliphatic rings. The molecule has 0 aliphatic carbocycles. The van der Waals surface area contributed by atoms with Crippen molar-refractivity contribution in [2.45, 2.75) is 6.42 Å². The number of nitrogens with two attached hydrogens (primary N) is 2. The molecule has 0 amide bonds. The summed E-state index contributed by atoms with van der Waals surface area (Å²) in [6.45, 7) is -0.00854. The number of carbonyl (C=O) groups excluding carboxylic acids is 1. The van der Waals surface area contributed by atoms with Gasteiger partial charge in [-0.2, -0.15) is 0 Å². The number of aliphatic hydroxyl groups excluding tert-OH is 1. The molecular weight excluding hydrogens is 309 g/mol. The van der Waals surface area contributed by atoms with Crippen LogP contribution >= 0.6 is 0 Å². The Balaban J connectivity index is 2.28. The predicted octanol–water partition coefficient (Wildman–Crippen LogP) is 2.07. The van der Waals surface area contributed by atoms with Crippen molar-refractivity contribution in [3.05, 3.63) is 77.2 Å². The van der Waals surface area contributed by atoms with Crippen molar-refractivity contribution in [2.75, 3.05) is 6.61 Å². The molecule has 0 saturated heterocycles. The molecule has 2 rings (SSSR count). The molecule has 6 heteroatoms. The highest BCUT2D eigenvalue weighted by atomic mass is 19.1. The molecule has 0 radical (unpaired) electrons. The van der Waals surface area contributed by atoms with E-state index in [4.69, 9.17) is 16.6 Å². The minimum atomic E-state index is -0.390. The van der Waals surface area contributed by atoms with Crippen LogP contribution in [0, 0.1) is 5.82 Å². The Morgan fingerprint density at radius 1 is 1.21 bits per heavy atom. The molecule has 0 heterocycles. The minimum Gasteiger partial charge on any atom is -0.404 e. The van der Waals surface area contributed by atoms with Gasteiger partial charge in [0.25, 0.3) is 0 Å². The van der Waals surface area contributed by atoms with E-state index in [1.807, 2.05) is 6.07 Å². The molecular formula is C18H18FN3O2. The highest BCUT2D eigenvalue weighted by molar-refractivity contribution is 6.27. The summed E-state index contributed by atoms with van der Waals surface area (Å²) in [4.78, 5) is 16.7. The molecule has 0 saturated carbocycles. The Hall–Kier alpha value is -2.99. The Morgan fingerprint density at radius 2 is 1.92 bits per heavy atom. The van der Waals surface area contributed by atoms with Gasteiger partial charge in [0.2, 0.25) is 0 Å². The first-order valence-electron chi connectivity index (χ1n) is 7.31. The summed E-state index contributed by atoms with van der Waals surface area (Å²) in [7, 11) is 0. The van der Waals surface area contributed by atoms with Crippen molar-refractivity contribution in [3.8, 4) is 0 Å². The van der Waals surface area contributed by atoms with E-state index >= 15 is 0 Å². The van der Waals surface area contributed by atoms with Gasteiger partial charge in [0.15, 0.2) is 5.78 Å². The summed E-state index contributed by atoms with van der Waals surface area (Å²) in [5, 5.41) is 8.99. The van der Waals surface area contributed by atoms with Gasteiger partial charge in [-0.3, -0.25) is 4.79 Å². The van der Waals surface area contributed by atoms with Gasteiger partial charge in [0.1, 0.15) is 11.7 Å². The van der Waals surface area contributed by atoms with Crippen LogP contribution < -0.4 is 11.5 Å². The van der Waals surface area contributed by atoms with Crippen molar-refractivity contribution < 1.29 is 14.3 Å². The van der Waals surface area contributed by atoms with Crippen molar-refractivity contribution in [1.82, 2.24) is 0 Å². The van der Waals surface area contributed by atoms with E-state index in [2.05, 4.69) is 4.99 Å². The van der Waals surface area contributed by atoms with Crippen LogP contribution in [0.1, 0.15) is 15.9 Å². The van der Waals surface area contributed by atoms with Gasteiger partial charge in [0, 0.05) is 18.4 Å². The number of ketones is 1. The van der Waals surface area contributed by atoms with Crippen LogP contribution in [0.15, 0.2) is 65.3 Å². The van der Waals surface area contributed by atoms with Crippen LogP contribution in [0.2, 0.25) is 0 Å². The zero-order valence-electron chi connectivity index (χ0n) is 12.9. The Bertz CT molecular complexity index is 783. The number of nitrogens with zero attached hydrogens (tertiary/aromatic N) is 1. The van der Waals surface area contributed by atoms with Crippen LogP contribution in [0.25, 0.3) is 0 Å². The van der Waals surface area contributed by atoms with E-state index in [1.54, 1.807) is 18.2 Å². The number of halogens is 1. The van der Waals surface area contributed by atoms with Crippen LogP contribution in [0.5, 0.6) is 0 Å². The van der Waals surface area contributed by atoms with Crippen LogP contribution in [-0.4, -0.2) is 23.3 Å². The van der Waals surface area contributed by atoms with Crippen LogP contribution in [-0.2, 0) is 6.42 Å². The fourth-order valence-electron chi connectivity index (χ4n) is 2.15. The van der Waals surface area contributed by atoms with Crippen molar-refractivity contribution in [3.63, 3.8) is 0 Å². The van der Waals surface area contributed by atoms with Gasteiger partial charge in [-0.1, -0.05) is 18.2 Å². The maximum atomic E-state index is 12.9. The monoisotopic (exact) mass is 327 g/mol. The fraction of sp³-hybridized carbons (Fsp3) is 0.111. The first-order chi connectivity index (χ1) is 11.5. The number of carbonyl (C=O) groups is 1. The summed E-state index contributed by atoms with van der Waals surface area (Å²) in [5.41, 5.74) is 13.1. The van der Waals surface area contributed by atoms with Gasteiger partial charge in [-0.25, -0.2) is 9.38 Å². The molecule has 0 atom stereocenters. The Morgan fingerprint density at radius 3 is 2.54 bits per heavy atom. The van der Waals surface area contributed by atoms with E-state index in [9.17, 15) is 9.18 Å². The SMILES string of the molecule is NC=C(C(=O)c1cccc(CCO)c1)C(N)=Nc1ccc(F)cc1. The third-order valence-corrected chi connectivity index (χ3v) is 3.35. The summed E-state index contributed by atoms with van der Waals surface area (Å²) in [6.07, 6.45) is 1.55. The van der Waals surface area contributed by atoms with E-state index in [1.165, 1.54) is 24.3 Å². The molecule has 2 aromatic carbocycles. The number of hydrogen-bond donors (Lipinski definition) is 3. The number of benzene rings is 2. The zero-order chi connectivity index (χ0) is 17.5. The lowest BCUT2D eigenvalue weighted by atomic mass is 10.0. The first kappa shape index (κ1) is 17.4. The lowest BCUT2D eigenvalue weighted by Gasteiger charge is -2.07. The fourth-order valence-corrected chi connectivity index (χ4v) is 2.15. The summed E-state index contributed by atoms with van der Waals surface area (Å²) < 4.78 is 12.9. The Labute approximate surface area is 139 Å². The topological polar surface area (TPSA) is 102 Å². The number of aliphatic hydroxyl groups is 1. The lowest BCUT2D eigenvalue weighted by molar-refractivity contribution is 0.104. The van der Waals surface area contributed by atoms with E-state index in [0.29, 0.717) is 17.7 Å². The third kappa shape index (κ3) is 4.27. The predicted molar refractivity (Wildman–Crippen MR) is 91.5 cm³/mol. The van der Waals surface area contributed by atoms with Gasteiger partial charge in [-0.05, 0) is 42.3 Å². The van der Waals surface area contributed by atoms with E-state index in [-0.39, 0.29) is 29.6 Å². The van der Waals surface area contributed by atoms with Gasteiger partial charge in [-0.15, -0.1) is 0 Å². The number of rotatable bonds is 6. The average Bonchev–Trinajstić information content (AvgIpc) is 2.58. The van der Waals surface area contributed by atoms with Gasteiger partial charge in [0.05, 0.1) is 11.3 Å². The third-order valence-electron chi connectivity index (χ3n) is 3.35. The van der Waals surface area contributed by atoms with Crippen molar-refractivity contribution in [2.24, 2.45) is 16.5 Å². The maximum absolute atomic E-state index is 12.9. The molecule has 2 aromatic rings. The first-order valence-corrected chi connectivity index (χ1v) is 7.31. The molecule has 24 heavy (non-hydrogen) atoms. The number of aliphatic imine (C=N–C) groups is 1. The molecule has 0 unspecified atom stereocenters. The Kier molecular flexibility index (Phi) is 5.81. The zero-order valence-corrected chi connectivity index (χ0v) is 12.9. The molecule has 0 aliphatic heterocycles. The van der Waals surface area contributed by atoms with Crippen molar-refractivity contribution >= 4 is 17.3 Å². The molecule has 124 valence electrons. The maximum Gasteiger partial charge on any atom is 0.198 e. The normalized spacial score (nSPS) is 12.2. The second-order valence-corrected chi connectivity index (χ2v) is 5.06. The molecule has 0 aromatic heterocycles. The van der Waals surface area contributed by atoms with Crippen LogP contribution in [0.3, 0.4) is 0 Å². The average molecular weight is 327 g/mol. The highest BCUT2D eigenvalue weighted by Crippen LogP contribution is 2.16. The minimum absolute atomic E-state index is 0.00854. The van der Waals surface area contributed by atoms with Crippen LogP contribution in [0.4, 0.5) is 10.1 Å². The van der Waals surface area contributed by atoms with Crippen molar-refractivity contribution in [1.29, 1.82) is 0 Å². The quantitative estimate of drug-likeness (QED) is 0.327. The van der Waals surface area contributed by atoms with Gasteiger partial charge < -0.3 is 16.6 Å². The molecule has 5 N–H and O–H groups in total. The molecule has 0 fully saturated rings. The number of Topliss-reactive ketones (excluding diaryl/α,β-unsaturated/α-hetero) is 1. The summed E-state index contributed by atoms with van der Waals surface area (Å²) in [5.74, 6) is -0.818. The van der Waals surface area contributed by atoms with Gasteiger partial charge >= 0.3 is 0 Å². The van der Waals surface area contributed by atoms with E-state index < -0.39 is 0 Å². The second-order valence-electron chi connectivity index (χ2n) is 5.06. The largest absolute Gasteiger partial charge is 0.404 e. The summed E-state index contributed by atoms with van der Waals surface area (Å²) in [6, 6.07) is 12.2. The molecule has 0 bridgehead atoms. The number of hydrogen-bond acceptors (Lipinski definition) is 4. The molecule has 0 spiro atoms. The lowest BCUT2D eigenvalue weighted by Crippen LogP contribution is -2.22.